The third-order valence-corrected chi connectivity index (χ3v) is 3.02. The molecule has 0 aromatic heterocycles. The zero-order valence-electron chi connectivity index (χ0n) is 10.00. The van der Waals surface area contributed by atoms with Gasteiger partial charge in [0.1, 0.15) is 0 Å². The van der Waals surface area contributed by atoms with Gasteiger partial charge in [0.2, 0.25) is 0 Å². The molecule has 0 spiro atoms. The summed E-state index contributed by atoms with van der Waals surface area (Å²) in [7, 11) is 0. The van der Waals surface area contributed by atoms with Crippen molar-refractivity contribution in [2.75, 3.05) is 6.61 Å². The molecule has 0 bridgehead atoms. The van der Waals surface area contributed by atoms with E-state index >= 15 is 0 Å². The van der Waals surface area contributed by atoms with Gasteiger partial charge >= 0.3 is 6.09 Å². The summed E-state index contributed by atoms with van der Waals surface area (Å²) >= 11 is 0. The van der Waals surface area contributed by atoms with Crippen LogP contribution in [0.1, 0.15) is 45.4 Å². The van der Waals surface area contributed by atoms with Crippen LogP contribution in [0.2, 0.25) is 0 Å². The number of terminal acetylenes is 1. The van der Waals surface area contributed by atoms with Gasteiger partial charge in [0.15, 0.2) is 0 Å². The fourth-order valence-electron chi connectivity index (χ4n) is 1.92. The number of ether oxygens (including phenoxy) is 1. The lowest BCUT2D eigenvalue weighted by atomic mass is 9.87. The van der Waals surface area contributed by atoms with Crippen molar-refractivity contribution in [2.24, 2.45) is 5.92 Å². The predicted molar refractivity (Wildman–Crippen MR) is 64.0 cm³/mol. The van der Waals surface area contributed by atoms with E-state index in [4.69, 9.17) is 11.2 Å². The third kappa shape index (κ3) is 4.57. The second kappa shape index (κ2) is 7.16. The summed E-state index contributed by atoms with van der Waals surface area (Å²) in [5.74, 6) is 3.17. The summed E-state index contributed by atoms with van der Waals surface area (Å²) in [6, 6.07) is 0.249. The maximum absolute atomic E-state index is 11.4. The molecule has 0 saturated heterocycles. The summed E-state index contributed by atoms with van der Waals surface area (Å²) in [6.45, 7) is 2.59. The fraction of sp³-hybridized carbons (Fsp3) is 0.769. The van der Waals surface area contributed by atoms with Gasteiger partial charge in [-0.15, -0.1) is 12.3 Å². The van der Waals surface area contributed by atoms with E-state index in [9.17, 15) is 4.79 Å². The Balaban J connectivity index is 2.13. The molecule has 1 amide bonds. The van der Waals surface area contributed by atoms with Gasteiger partial charge in [-0.1, -0.05) is 13.3 Å². The smallest absolute Gasteiger partial charge is 0.407 e. The maximum Gasteiger partial charge on any atom is 0.407 e. The Morgan fingerprint density at radius 3 is 2.69 bits per heavy atom. The first-order chi connectivity index (χ1) is 7.76. The number of rotatable bonds is 4. The van der Waals surface area contributed by atoms with E-state index in [0.29, 0.717) is 12.5 Å². The molecule has 0 unspecified atom stereocenters. The number of hydrogen-bond donors (Lipinski definition) is 1. The molecule has 16 heavy (non-hydrogen) atoms. The Hall–Kier alpha value is -1.17. The number of carbonyl (C=O) groups excluding carboxylic acids is 1. The van der Waals surface area contributed by atoms with E-state index in [1.54, 1.807) is 0 Å². The van der Waals surface area contributed by atoms with Gasteiger partial charge in [-0.3, -0.25) is 0 Å². The number of amides is 1. The number of unbranched alkanes of at least 4 members (excludes halogenated alkanes) is 1. The molecule has 1 rings (SSSR count). The quantitative estimate of drug-likeness (QED) is 0.588. The molecule has 0 aromatic carbocycles. The van der Waals surface area contributed by atoms with Gasteiger partial charge in [-0.2, -0.15) is 0 Å². The second-order valence-electron chi connectivity index (χ2n) is 4.35. The van der Waals surface area contributed by atoms with E-state index in [1.807, 2.05) is 0 Å². The molecular weight excluding hydrogens is 202 g/mol. The van der Waals surface area contributed by atoms with Gasteiger partial charge in [-0.25, -0.2) is 4.79 Å². The first-order valence-corrected chi connectivity index (χ1v) is 6.15. The number of carbonyl (C=O) groups is 1. The lowest BCUT2D eigenvalue weighted by Gasteiger charge is -2.25. The van der Waals surface area contributed by atoms with Crippen LogP contribution >= 0.6 is 0 Å². The Kier molecular flexibility index (Phi) is 5.77. The Bertz CT molecular complexity index is 249. The van der Waals surface area contributed by atoms with Crippen molar-refractivity contribution in [3.63, 3.8) is 0 Å². The first-order valence-electron chi connectivity index (χ1n) is 6.15. The van der Waals surface area contributed by atoms with Crippen LogP contribution in [-0.2, 0) is 4.74 Å². The van der Waals surface area contributed by atoms with Crippen LogP contribution in [0.3, 0.4) is 0 Å². The van der Waals surface area contributed by atoms with Crippen molar-refractivity contribution in [3.05, 3.63) is 0 Å². The Morgan fingerprint density at radius 2 is 2.12 bits per heavy atom. The minimum atomic E-state index is -0.280. The molecule has 1 fully saturated rings. The Morgan fingerprint density at radius 1 is 1.44 bits per heavy atom. The highest BCUT2D eigenvalue weighted by atomic mass is 16.5. The molecule has 90 valence electrons. The molecule has 1 saturated carbocycles. The molecule has 0 heterocycles. The normalized spacial score (nSPS) is 24.5. The summed E-state index contributed by atoms with van der Waals surface area (Å²) in [6.07, 6.45) is 11.0. The van der Waals surface area contributed by atoms with Crippen LogP contribution in [0, 0.1) is 18.3 Å². The summed E-state index contributed by atoms with van der Waals surface area (Å²) < 4.78 is 5.05. The van der Waals surface area contributed by atoms with E-state index < -0.39 is 0 Å². The Labute approximate surface area is 97.9 Å². The van der Waals surface area contributed by atoms with Crippen molar-refractivity contribution in [1.29, 1.82) is 0 Å². The summed E-state index contributed by atoms with van der Waals surface area (Å²) in [5, 5.41) is 2.89. The monoisotopic (exact) mass is 223 g/mol. The average molecular weight is 223 g/mol. The molecule has 0 atom stereocenters. The number of alkyl carbamates (subject to hydrolysis) is 1. The number of nitrogens with one attached hydrogen (secondary N) is 1. The SMILES string of the molecule is C#CC1CCC(NC(=O)OCCCC)CC1. The first kappa shape index (κ1) is 12.9. The minimum Gasteiger partial charge on any atom is -0.450 e. The second-order valence-corrected chi connectivity index (χ2v) is 4.35. The van der Waals surface area contributed by atoms with Gasteiger partial charge in [0.05, 0.1) is 6.61 Å². The molecule has 3 heteroatoms. The van der Waals surface area contributed by atoms with Crippen LogP contribution in [-0.4, -0.2) is 18.7 Å². The fourth-order valence-corrected chi connectivity index (χ4v) is 1.92. The van der Waals surface area contributed by atoms with Crippen LogP contribution in [0.5, 0.6) is 0 Å². The number of hydrogen-bond acceptors (Lipinski definition) is 2. The highest BCUT2D eigenvalue weighted by Crippen LogP contribution is 2.23. The zero-order chi connectivity index (χ0) is 11.8. The standard InChI is InChI=1S/C13H21NO2/c1-3-5-10-16-13(15)14-12-8-6-11(4-2)7-9-12/h2,11-12H,3,5-10H2,1H3,(H,14,15). The van der Waals surface area contributed by atoms with Gasteiger partial charge in [-0.05, 0) is 32.1 Å². The summed E-state index contributed by atoms with van der Waals surface area (Å²) in [4.78, 5) is 11.4. The predicted octanol–water partition coefficient (Wildman–Crippen LogP) is 2.70. The highest BCUT2D eigenvalue weighted by molar-refractivity contribution is 5.67. The lowest BCUT2D eigenvalue weighted by Crippen LogP contribution is -2.37. The van der Waals surface area contributed by atoms with Crippen molar-refractivity contribution >= 4 is 6.09 Å². The van der Waals surface area contributed by atoms with Gasteiger partial charge < -0.3 is 10.1 Å². The van der Waals surface area contributed by atoms with Crippen LogP contribution in [0.25, 0.3) is 0 Å². The largest absolute Gasteiger partial charge is 0.450 e. The molecule has 1 aliphatic carbocycles. The topological polar surface area (TPSA) is 38.3 Å². The summed E-state index contributed by atoms with van der Waals surface area (Å²) in [5.41, 5.74) is 0. The minimum absolute atomic E-state index is 0.249. The lowest BCUT2D eigenvalue weighted by molar-refractivity contribution is 0.137. The van der Waals surface area contributed by atoms with Gasteiger partial charge in [0.25, 0.3) is 0 Å². The van der Waals surface area contributed by atoms with Crippen molar-refractivity contribution in [3.8, 4) is 12.3 Å². The molecule has 1 N–H and O–H groups in total. The third-order valence-electron chi connectivity index (χ3n) is 3.02. The van der Waals surface area contributed by atoms with Crippen molar-refractivity contribution < 1.29 is 9.53 Å². The molecule has 0 radical (unpaired) electrons. The van der Waals surface area contributed by atoms with Crippen LogP contribution in [0.15, 0.2) is 0 Å². The molecule has 0 aromatic rings. The zero-order valence-corrected chi connectivity index (χ0v) is 10.00. The van der Waals surface area contributed by atoms with Crippen LogP contribution in [0.4, 0.5) is 4.79 Å². The van der Waals surface area contributed by atoms with E-state index in [0.717, 1.165) is 38.5 Å². The molecule has 0 aliphatic heterocycles. The van der Waals surface area contributed by atoms with E-state index in [1.165, 1.54) is 0 Å². The molecule has 3 nitrogen and oxygen atoms in total. The van der Waals surface area contributed by atoms with Gasteiger partial charge in [0, 0.05) is 12.0 Å². The highest BCUT2D eigenvalue weighted by Gasteiger charge is 2.21. The molecule has 1 aliphatic rings. The van der Waals surface area contributed by atoms with E-state index in [2.05, 4.69) is 18.2 Å². The molecular formula is C13H21NO2. The van der Waals surface area contributed by atoms with Crippen LogP contribution < -0.4 is 5.32 Å². The maximum atomic E-state index is 11.4. The van der Waals surface area contributed by atoms with Crippen molar-refractivity contribution in [2.45, 2.75) is 51.5 Å². The van der Waals surface area contributed by atoms with Crippen molar-refractivity contribution in [1.82, 2.24) is 5.32 Å². The average Bonchev–Trinajstić information content (AvgIpc) is 2.30. The van der Waals surface area contributed by atoms with E-state index in [-0.39, 0.29) is 12.1 Å².